The van der Waals surface area contributed by atoms with Crippen LogP contribution in [0.3, 0.4) is 0 Å². The van der Waals surface area contributed by atoms with Crippen molar-refractivity contribution in [2.45, 2.75) is 208 Å². The van der Waals surface area contributed by atoms with Gasteiger partial charge in [-0.15, -0.1) is 0 Å². The highest BCUT2D eigenvalue weighted by Gasteiger charge is 2.78. The highest BCUT2D eigenvalue weighted by molar-refractivity contribution is 7.00. The van der Waals surface area contributed by atoms with Crippen LogP contribution < -0.4 is 0 Å². The highest BCUT2D eigenvalue weighted by atomic mass is 28.6. The third-order valence-electron chi connectivity index (χ3n) is 11.7. The predicted octanol–water partition coefficient (Wildman–Crippen LogP) is 9.43. The van der Waals surface area contributed by atoms with Crippen molar-refractivity contribution in [1.29, 1.82) is 0 Å². The van der Waals surface area contributed by atoms with Gasteiger partial charge in [0.2, 0.25) is 0 Å². The van der Waals surface area contributed by atoms with E-state index < -0.39 is 106 Å². The van der Waals surface area contributed by atoms with Gasteiger partial charge in [0.1, 0.15) is 0 Å². The van der Waals surface area contributed by atoms with Crippen LogP contribution in [0.15, 0.2) is 0 Å². The van der Waals surface area contributed by atoms with E-state index in [4.69, 9.17) is 53.5 Å². The molecule has 0 aromatic carbocycles. The first-order valence-corrected chi connectivity index (χ1v) is 51.1. The van der Waals surface area contributed by atoms with Gasteiger partial charge >= 0.3 is 61.6 Å². The van der Waals surface area contributed by atoms with Crippen LogP contribution in [0.25, 0.3) is 0 Å². The van der Waals surface area contributed by atoms with Crippen molar-refractivity contribution in [1.82, 2.24) is 0 Å². The third kappa shape index (κ3) is 17.7. The van der Waals surface area contributed by atoms with E-state index in [0.29, 0.717) is 78.4 Å². The van der Waals surface area contributed by atoms with E-state index in [0.717, 1.165) is 31.7 Å². The maximum Gasteiger partial charge on any atom is 0.483 e. The van der Waals surface area contributed by atoms with E-state index in [-0.39, 0.29) is 5.92 Å². The lowest BCUT2D eigenvalue weighted by atomic mass is 10.2. The Morgan fingerprint density at radius 3 is 1.00 bits per heavy atom. The van der Waals surface area contributed by atoms with Gasteiger partial charge in [0.25, 0.3) is 10.0 Å². The molecule has 4 rings (SSSR count). The van der Waals surface area contributed by atoms with Gasteiger partial charge in [0, 0.05) is 42.3 Å². The zero-order chi connectivity index (χ0) is 47.3. The Hall–Kier alpha value is 2.04. The zero-order valence-corrected chi connectivity index (χ0v) is 55.6. The van der Waals surface area contributed by atoms with E-state index in [9.17, 15) is 4.80 Å². The van der Waals surface area contributed by atoms with Crippen molar-refractivity contribution in [2.24, 2.45) is 29.6 Å². The summed E-state index contributed by atoms with van der Waals surface area (Å²) in [6, 6.07) is 4.47. The molecular weight excluding hydrogens is 1010 g/mol. The second-order valence-corrected chi connectivity index (χ2v) is 59.8. The summed E-state index contributed by atoms with van der Waals surface area (Å²) in [5, 5.41) is 0. The van der Waals surface area contributed by atoms with Crippen molar-refractivity contribution < 1.29 is 58.3 Å². The van der Waals surface area contributed by atoms with Crippen LogP contribution in [0, 0.1) is 29.6 Å². The average molecular weight is 1100 g/mol. The number of rotatable bonds is 25. The van der Waals surface area contributed by atoms with Gasteiger partial charge in [-0.1, -0.05) is 69.2 Å². The standard InChI is InChI=1S/C37H92O14Si12/c1-33(2)19-24-57(38)43-60(26-21-35(5)6)45-58(25-20-34(3)4)39-52-40-59(31-29-55(15,16)41-53(11)12)47-61(46-58,27-22-36(7)8)50-62(49-60,28-23-37(9)10)51-63(44-57,48-59)32-30-56(17,18)42-54(13)14/h33-38,53-54H,19-32,52H2,1-18H3. The molecule has 0 aromatic rings. The first kappa shape index (κ1) is 57.6. The van der Waals surface area contributed by atoms with Crippen molar-refractivity contribution in [3.05, 3.63) is 0 Å². The van der Waals surface area contributed by atoms with E-state index in [2.05, 4.69) is 122 Å². The van der Waals surface area contributed by atoms with Crippen LogP contribution in [0.2, 0.25) is 107 Å². The van der Waals surface area contributed by atoms with E-state index >= 15 is 0 Å². The molecular formula is C37H92O14Si12. The molecule has 0 radical (unpaired) electrons. The molecule has 1 N–H and O–H groups in total. The molecule has 0 aromatic heterocycles. The summed E-state index contributed by atoms with van der Waals surface area (Å²) < 4.78 is 98.2. The molecule has 0 saturated carbocycles. The summed E-state index contributed by atoms with van der Waals surface area (Å²) >= 11 is 0. The second-order valence-electron chi connectivity index (χ2n) is 22.7. The molecule has 7 unspecified atom stereocenters. The minimum Gasteiger partial charge on any atom is -0.458 e. The Balaban J connectivity index is 2.15. The molecule has 0 aliphatic carbocycles. The molecule has 0 amide bonds. The maximum absolute atomic E-state index is 13.5. The molecule has 4 heterocycles. The molecule has 4 fully saturated rings. The highest BCUT2D eigenvalue weighted by Crippen LogP contribution is 2.51. The molecule has 14 nitrogen and oxygen atoms in total. The summed E-state index contributed by atoms with van der Waals surface area (Å²) in [5.41, 5.74) is 0. The SMILES string of the molecule is CC(C)CC[Si]1(O)O[Si]2(CCC(C)C)O[Si]3(CCC(C)C)O[SiH2]O[Si]4(CC[Si](C)(C)O[SiH](C)C)O[Si](CC[Si](C)(C)O[SiH](C)C)(O1)O[Si](CCC(C)C)(O2)O[Si](CCC(C)C)(O3)O4. The maximum atomic E-state index is 13.5. The minimum absolute atomic E-state index is 0.266. The van der Waals surface area contributed by atoms with Crippen LogP contribution in [0.5, 0.6) is 0 Å². The summed E-state index contributed by atoms with van der Waals surface area (Å²) in [6.45, 7) is 40.0. The van der Waals surface area contributed by atoms with Gasteiger partial charge < -0.3 is 58.3 Å². The van der Waals surface area contributed by atoms with Gasteiger partial charge in [-0.2, -0.15) is 0 Å². The first-order valence-electron chi connectivity index (χ1n) is 24.6. The van der Waals surface area contributed by atoms with E-state index in [1.807, 2.05) is 0 Å². The van der Waals surface area contributed by atoms with Crippen LogP contribution >= 0.6 is 0 Å². The minimum atomic E-state index is -4.29. The summed E-state index contributed by atoms with van der Waals surface area (Å²) in [6.07, 6.45) is 3.73. The molecule has 4 saturated heterocycles. The molecule has 0 spiro atoms. The van der Waals surface area contributed by atoms with E-state index in [1.165, 1.54) is 0 Å². The van der Waals surface area contributed by atoms with Crippen molar-refractivity contribution in [2.75, 3.05) is 0 Å². The molecule has 372 valence electrons. The van der Waals surface area contributed by atoms with Gasteiger partial charge in [-0.25, -0.2) is 0 Å². The van der Waals surface area contributed by atoms with Crippen LogP contribution in [0.4, 0.5) is 0 Å². The van der Waals surface area contributed by atoms with Gasteiger partial charge in [-0.3, -0.25) is 0 Å². The first-order chi connectivity index (χ1) is 28.9. The molecule has 7 atom stereocenters. The Kier molecular flexibility index (Phi) is 21.1. The molecule has 6 bridgehead atoms. The van der Waals surface area contributed by atoms with Crippen molar-refractivity contribution in [3.63, 3.8) is 0 Å². The van der Waals surface area contributed by atoms with Crippen LogP contribution in [-0.4, -0.2) is 111 Å². The fourth-order valence-corrected chi connectivity index (χ4v) is 70.6. The summed E-state index contributed by atoms with van der Waals surface area (Å²) in [5.74, 6) is 1.52. The number of fused-ring (bicyclic) bond motifs is 4. The zero-order valence-electron chi connectivity index (χ0n) is 42.9. The lowest BCUT2D eigenvalue weighted by Gasteiger charge is -2.59. The van der Waals surface area contributed by atoms with Crippen molar-refractivity contribution in [3.8, 4) is 0 Å². The quantitative estimate of drug-likeness (QED) is 0.0869. The van der Waals surface area contributed by atoms with Gasteiger partial charge in [0.15, 0.2) is 34.7 Å². The Morgan fingerprint density at radius 2 is 0.667 bits per heavy atom. The topological polar surface area (TPSA) is 140 Å². The lowest BCUT2D eigenvalue weighted by Crippen LogP contribution is -2.83. The smallest absolute Gasteiger partial charge is 0.458 e. The third-order valence-corrected chi connectivity index (χ3v) is 57.6. The normalized spacial score (nSPS) is 34.8. The van der Waals surface area contributed by atoms with Gasteiger partial charge in [0.05, 0.1) is 0 Å². The largest absolute Gasteiger partial charge is 0.483 e. The number of hydrogen-bond donors (Lipinski definition) is 1. The number of hydrogen-bond acceptors (Lipinski definition) is 14. The van der Waals surface area contributed by atoms with E-state index in [1.54, 1.807) is 0 Å². The Morgan fingerprint density at radius 1 is 0.413 bits per heavy atom. The molecule has 4 aliphatic heterocycles. The fraction of sp³-hybridized carbons (Fsp3) is 1.00. The van der Waals surface area contributed by atoms with Crippen LogP contribution in [-0.2, 0) is 53.5 Å². The fourth-order valence-electron chi connectivity index (χ4n) is 8.48. The predicted molar refractivity (Wildman–Crippen MR) is 278 cm³/mol. The molecule has 26 heteroatoms. The molecule has 4 aliphatic rings. The summed E-state index contributed by atoms with van der Waals surface area (Å²) in [4.78, 5) is 13.5. The monoisotopic (exact) mass is 1100 g/mol. The van der Waals surface area contributed by atoms with Gasteiger partial charge in [-0.05, 0) is 126 Å². The Labute approximate surface area is 399 Å². The second kappa shape index (κ2) is 23.1. The van der Waals surface area contributed by atoms with Crippen molar-refractivity contribution >= 4 is 106 Å². The lowest BCUT2D eigenvalue weighted by molar-refractivity contribution is 0.00134. The summed E-state index contributed by atoms with van der Waals surface area (Å²) in [7, 11) is -37.4. The average Bonchev–Trinajstić information content (AvgIpc) is 3.09. The molecule has 63 heavy (non-hydrogen) atoms. The van der Waals surface area contributed by atoms with Crippen LogP contribution in [0.1, 0.15) is 101 Å². The Bertz CT molecular complexity index is 1440.